The fourth-order valence-electron chi connectivity index (χ4n) is 4.21. The van der Waals surface area contributed by atoms with Crippen LogP contribution in [0.15, 0.2) is 54.9 Å². The first-order chi connectivity index (χ1) is 16.8. The monoisotopic (exact) mass is 481 g/mol. The minimum absolute atomic E-state index is 0.195. The maximum Gasteiger partial charge on any atom is 0.410 e. The summed E-state index contributed by atoms with van der Waals surface area (Å²) >= 11 is 0. The highest BCUT2D eigenvalue weighted by molar-refractivity contribution is 5.68. The number of hydrogen-bond acceptors (Lipinski definition) is 8. The second kappa shape index (κ2) is 10.8. The number of aromatic nitrogens is 2. The Morgan fingerprint density at radius 2 is 1.86 bits per heavy atom. The molecule has 0 saturated carbocycles. The van der Waals surface area contributed by atoms with Crippen molar-refractivity contribution in [2.24, 2.45) is 5.92 Å². The first-order valence-corrected chi connectivity index (χ1v) is 12.1. The molecule has 35 heavy (non-hydrogen) atoms. The van der Waals surface area contributed by atoms with Gasteiger partial charge in [-0.2, -0.15) is 0 Å². The van der Waals surface area contributed by atoms with E-state index in [2.05, 4.69) is 27.0 Å². The Bertz CT molecular complexity index is 1020. The molecule has 0 unspecified atom stereocenters. The van der Waals surface area contributed by atoms with Gasteiger partial charge in [-0.3, -0.25) is 4.90 Å². The van der Waals surface area contributed by atoms with Gasteiger partial charge in [0, 0.05) is 32.7 Å². The molecule has 0 radical (unpaired) electrons. The van der Waals surface area contributed by atoms with Crippen LogP contribution in [0.1, 0.15) is 39.2 Å². The SMILES string of the molecule is CN(CC1CCN(C(=O)OC(C)(C)C)CC1)c1cc(N(Cc2ccccc2)C2=COCO2)ncn1. The average molecular weight is 482 g/mol. The molecular formula is C26H35N5O4. The smallest absolute Gasteiger partial charge is 0.410 e. The second-order valence-corrected chi connectivity index (χ2v) is 9.98. The van der Waals surface area contributed by atoms with Gasteiger partial charge in [-0.25, -0.2) is 14.8 Å². The van der Waals surface area contributed by atoms with Crippen LogP contribution in [0.3, 0.4) is 0 Å². The molecule has 188 valence electrons. The van der Waals surface area contributed by atoms with Crippen molar-refractivity contribution in [2.45, 2.75) is 45.8 Å². The number of ether oxygens (including phenoxy) is 3. The summed E-state index contributed by atoms with van der Waals surface area (Å²) in [6.07, 6.45) is 4.84. The van der Waals surface area contributed by atoms with Gasteiger partial charge < -0.3 is 24.0 Å². The number of nitrogens with zero attached hydrogens (tertiary/aromatic N) is 5. The molecule has 3 heterocycles. The van der Waals surface area contributed by atoms with Crippen LogP contribution in [0.25, 0.3) is 0 Å². The summed E-state index contributed by atoms with van der Waals surface area (Å²) in [4.78, 5) is 27.3. The quantitative estimate of drug-likeness (QED) is 0.577. The van der Waals surface area contributed by atoms with Gasteiger partial charge in [0.2, 0.25) is 12.7 Å². The molecule has 9 heteroatoms. The number of benzene rings is 1. The first kappa shape index (κ1) is 24.6. The Balaban J connectivity index is 1.39. The van der Waals surface area contributed by atoms with Gasteiger partial charge in [-0.15, -0.1) is 0 Å². The lowest BCUT2D eigenvalue weighted by Gasteiger charge is -2.35. The Morgan fingerprint density at radius 3 is 2.51 bits per heavy atom. The molecule has 1 amide bonds. The molecule has 1 fully saturated rings. The average Bonchev–Trinajstić information content (AvgIpc) is 3.37. The van der Waals surface area contributed by atoms with E-state index >= 15 is 0 Å². The van der Waals surface area contributed by atoms with Crippen molar-refractivity contribution < 1.29 is 19.0 Å². The van der Waals surface area contributed by atoms with Gasteiger partial charge in [-0.1, -0.05) is 30.3 Å². The van der Waals surface area contributed by atoms with Crippen molar-refractivity contribution in [1.29, 1.82) is 0 Å². The van der Waals surface area contributed by atoms with E-state index in [1.807, 2.05) is 61.9 Å². The number of hydrogen-bond donors (Lipinski definition) is 0. The highest BCUT2D eigenvalue weighted by atomic mass is 16.7. The molecule has 0 bridgehead atoms. The van der Waals surface area contributed by atoms with Gasteiger partial charge in [0.05, 0.1) is 6.54 Å². The molecule has 2 aliphatic rings. The minimum Gasteiger partial charge on any atom is -0.459 e. The molecule has 1 aromatic carbocycles. The number of anilines is 2. The summed E-state index contributed by atoms with van der Waals surface area (Å²) in [5.41, 5.74) is 0.660. The van der Waals surface area contributed by atoms with Crippen molar-refractivity contribution in [2.75, 3.05) is 43.3 Å². The fraction of sp³-hybridized carbons (Fsp3) is 0.500. The number of carbonyl (C=O) groups excluding carboxylic acids is 1. The zero-order valence-electron chi connectivity index (χ0n) is 21.0. The van der Waals surface area contributed by atoms with E-state index in [1.54, 1.807) is 12.6 Å². The van der Waals surface area contributed by atoms with Gasteiger partial charge in [0.25, 0.3) is 0 Å². The van der Waals surface area contributed by atoms with E-state index in [4.69, 9.17) is 14.2 Å². The minimum atomic E-state index is -0.473. The third-order valence-electron chi connectivity index (χ3n) is 6.01. The van der Waals surface area contributed by atoms with Crippen LogP contribution in [0, 0.1) is 5.92 Å². The third-order valence-corrected chi connectivity index (χ3v) is 6.01. The Kier molecular flexibility index (Phi) is 7.63. The molecular weight excluding hydrogens is 446 g/mol. The summed E-state index contributed by atoms with van der Waals surface area (Å²) in [7, 11) is 2.04. The molecule has 2 aliphatic heterocycles. The maximum atomic E-state index is 12.4. The van der Waals surface area contributed by atoms with Crippen molar-refractivity contribution >= 4 is 17.7 Å². The Morgan fingerprint density at radius 1 is 1.14 bits per heavy atom. The van der Waals surface area contributed by atoms with Gasteiger partial charge >= 0.3 is 6.09 Å². The van der Waals surface area contributed by atoms with Crippen LogP contribution in [-0.2, 0) is 20.8 Å². The Labute approximate surface area is 207 Å². The molecule has 9 nitrogen and oxygen atoms in total. The van der Waals surface area contributed by atoms with Crippen molar-refractivity contribution in [1.82, 2.24) is 14.9 Å². The molecule has 1 saturated heterocycles. The van der Waals surface area contributed by atoms with Crippen molar-refractivity contribution in [3.8, 4) is 0 Å². The molecule has 1 aromatic heterocycles. The van der Waals surface area contributed by atoms with E-state index in [1.165, 1.54) is 0 Å². The number of likely N-dealkylation sites (tertiary alicyclic amines) is 1. The summed E-state index contributed by atoms with van der Waals surface area (Å²) in [5, 5.41) is 0. The molecule has 0 spiro atoms. The molecule has 4 rings (SSSR count). The number of rotatable bonds is 7. The fourth-order valence-corrected chi connectivity index (χ4v) is 4.21. The summed E-state index contributed by atoms with van der Waals surface area (Å²) in [5.74, 6) is 2.66. The highest BCUT2D eigenvalue weighted by Gasteiger charge is 2.28. The number of amides is 1. The zero-order chi connectivity index (χ0) is 24.8. The number of piperidine rings is 1. The van der Waals surface area contributed by atoms with Crippen LogP contribution in [-0.4, -0.2) is 60.0 Å². The summed E-state index contributed by atoms with van der Waals surface area (Å²) < 4.78 is 16.5. The lowest BCUT2D eigenvalue weighted by molar-refractivity contribution is 0.0186. The normalized spacial score (nSPS) is 16.2. The number of carbonyl (C=O) groups is 1. The van der Waals surface area contributed by atoms with Crippen LogP contribution in [0.4, 0.5) is 16.4 Å². The lowest BCUT2D eigenvalue weighted by Crippen LogP contribution is -2.43. The molecule has 0 N–H and O–H groups in total. The van der Waals surface area contributed by atoms with Crippen LogP contribution in [0.2, 0.25) is 0 Å². The standard InChI is InChI=1S/C26H35N5O4/c1-26(2,3)35-25(32)30-12-10-21(11-13-30)15-29(4)22-14-23(28-18-27-22)31(24-17-33-19-34-24)16-20-8-6-5-7-9-20/h5-9,14,17-18,21H,10-13,15-16,19H2,1-4H3. The van der Waals surface area contributed by atoms with Crippen LogP contribution >= 0.6 is 0 Å². The van der Waals surface area contributed by atoms with Gasteiger partial charge in [0.1, 0.15) is 29.8 Å². The Hall–Kier alpha value is -3.49. The first-order valence-electron chi connectivity index (χ1n) is 12.1. The van der Waals surface area contributed by atoms with Gasteiger partial charge in [-0.05, 0) is 45.1 Å². The topological polar surface area (TPSA) is 80.3 Å². The zero-order valence-corrected chi connectivity index (χ0v) is 21.0. The van der Waals surface area contributed by atoms with E-state index in [-0.39, 0.29) is 12.9 Å². The molecule has 2 aromatic rings. The maximum absolute atomic E-state index is 12.4. The highest BCUT2D eigenvalue weighted by Crippen LogP contribution is 2.27. The lowest BCUT2D eigenvalue weighted by atomic mass is 9.96. The van der Waals surface area contributed by atoms with E-state index in [9.17, 15) is 4.79 Å². The molecule has 0 aliphatic carbocycles. The van der Waals surface area contributed by atoms with Crippen LogP contribution < -0.4 is 9.80 Å². The van der Waals surface area contributed by atoms with Crippen molar-refractivity contribution in [3.05, 3.63) is 60.4 Å². The summed E-state index contributed by atoms with van der Waals surface area (Å²) in [6, 6.07) is 12.1. The van der Waals surface area contributed by atoms with Gasteiger partial charge in [0.15, 0.2) is 0 Å². The predicted octanol–water partition coefficient (Wildman–Crippen LogP) is 4.37. The van der Waals surface area contributed by atoms with Crippen molar-refractivity contribution in [3.63, 3.8) is 0 Å². The predicted molar refractivity (Wildman–Crippen MR) is 134 cm³/mol. The van der Waals surface area contributed by atoms with E-state index in [0.717, 1.165) is 36.6 Å². The second-order valence-electron chi connectivity index (χ2n) is 9.98. The van der Waals surface area contributed by atoms with E-state index < -0.39 is 5.60 Å². The van der Waals surface area contributed by atoms with E-state index in [0.29, 0.717) is 31.4 Å². The molecule has 0 atom stereocenters. The van der Waals surface area contributed by atoms with Crippen LogP contribution in [0.5, 0.6) is 0 Å². The third kappa shape index (κ3) is 6.77. The largest absolute Gasteiger partial charge is 0.459 e. The summed E-state index contributed by atoms with van der Waals surface area (Å²) in [6.45, 7) is 8.74.